The summed E-state index contributed by atoms with van der Waals surface area (Å²) in [6, 6.07) is 18.2. The number of hydrogen-bond donors (Lipinski definition) is 2. The summed E-state index contributed by atoms with van der Waals surface area (Å²) in [5.41, 5.74) is 6.33. The average molecular weight is 612 g/mol. The van der Waals surface area contributed by atoms with Crippen molar-refractivity contribution in [3.63, 3.8) is 0 Å². The number of ether oxygens (including phenoxy) is 1. The lowest BCUT2D eigenvalue weighted by Crippen LogP contribution is -2.49. The highest BCUT2D eigenvalue weighted by atomic mass is 35.5. The maximum Gasteiger partial charge on any atom is 0.262 e. The molecule has 42 heavy (non-hydrogen) atoms. The van der Waals surface area contributed by atoms with Crippen LogP contribution in [0, 0.1) is 18.7 Å². The summed E-state index contributed by atoms with van der Waals surface area (Å²) in [6.45, 7) is 8.03. The monoisotopic (exact) mass is 610 g/mol. The number of hydrogen-bond acceptors (Lipinski definition) is 4. The van der Waals surface area contributed by atoms with Gasteiger partial charge in [0.05, 0.1) is 11.2 Å². The Morgan fingerprint density at radius 1 is 1.02 bits per heavy atom. The second-order valence-electron chi connectivity index (χ2n) is 10.5. The Balaban J connectivity index is 1.47. The Bertz CT molecular complexity index is 1600. The number of nitrogens with zero attached hydrogens (tertiary/aromatic N) is 2. The number of amides is 2. The first-order chi connectivity index (χ1) is 20.0. The first-order valence-electron chi connectivity index (χ1n) is 13.6. The van der Waals surface area contributed by atoms with Crippen LogP contribution in [-0.4, -0.2) is 34.7 Å². The topological polar surface area (TPSA) is 84.7 Å². The molecule has 2 atom stereocenters. The van der Waals surface area contributed by atoms with Crippen LogP contribution in [-0.2, 0) is 16.1 Å². The van der Waals surface area contributed by atoms with Gasteiger partial charge in [-0.1, -0.05) is 67.4 Å². The van der Waals surface area contributed by atoms with E-state index < -0.39 is 24.0 Å². The Morgan fingerprint density at radius 2 is 1.74 bits per heavy atom. The first kappa shape index (κ1) is 31.1. The number of carbonyl (C=O) groups excluding carboxylic acids is 2. The van der Waals surface area contributed by atoms with E-state index in [-0.39, 0.29) is 16.8 Å². The summed E-state index contributed by atoms with van der Waals surface area (Å²) in [4.78, 5) is 26.1. The van der Waals surface area contributed by atoms with Crippen LogP contribution in [0.4, 0.5) is 4.39 Å². The highest BCUT2D eigenvalue weighted by Gasteiger charge is 2.25. The number of benzene rings is 3. The van der Waals surface area contributed by atoms with Crippen LogP contribution in [0.3, 0.4) is 0 Å². The van der Waals surface area contributed by atoms with Crippen LogP contribution in [0.1, 0.15) is 44.0 Å². The molecule has 3 aromatic carbocycles. The van der Waals surface area contributed by atoms with E-state index in [2.05, 4.69) is 20.4 Å². The van der Waals surface area contributed by atoms with E-state index in [9.17, 15) is 14.0 Å². The average Bonchev–Trinajstić information content (AvgIpc) is 3.21. The molecule has 0 spiro atoms. The standard InChI is InChI=1S/C32H33Cl2FN4O3/c1-19(2)15-28(37-31(40)21(4)42-30-14-11-23(33)16-27(30)34)32(41)38-36-17-26-20(3)39(29-8-6-5-7-25(26)29)18-22-9-12-24(35)13-10-22/h5-14,16-17,19,21,28H,15,18H2,1-4H3,(H,37,40)(H,38,41)/b36-17-/t21-,28+/m1/s1. The quantitative estimate of drug-likeness (QED) is 0.143. The van der Waals surface area contributed by atoms with E-state index in [0.29, 0.717) is 23.7 Å². The molecule has 220 valence electrons. The van der Waals surface area contributed by atoms with Crippen molar-refractivity contribution in [2.75, 3.05) is 0 Å². The van der Waals surface area contributed by atoms with E-state index >= 15 is 0 Å². The van der Waals surface area contributed by atoms with Gasteiger partial charge in [-0.05, 0) is 68.1 Å². The minimum absolute atomic E-state index is 0.124. The second kappa shape index (κ2) is 13.9. The van der Waals surface area contributed by atoms with Gasteiger partial charge in [0.15, 0.2) is 6.10 Å². The number of hydrazone groups is 1. The van der Waals surface area contributed by atoms with Gasteiger partial charge in [0.25, 0.3) is 11.8 Å². The Morgan fingerprint density at radius 3 is 2.43 bits per heavy atom. The summed E-state index contributed by atoms with van der Waals surface area (Å²) in [6.07, 6.45) is 1.10. The molecule has 0 saturated carbocycles. The summed E-state index contributed by atoms with van der Waals surface area (Å²) in [5, 5.41) is 8.72. The van der Waals surface area contributed by atoms with E-state index in [0.717, 1.165) is 27.7 Å². The normalized spacial score (nSPS) is 13.0. The summed E-state index contributed by atoms with van der Waals surface area (Å²) in [5.74, 6) is -0.759. The minimum Gasteiger partial charge on any atom is -0.479 e. The molecule has 10 heteroatoms. The molecule has 0 aliphatic rings. The van der Waals surface area contributed by atoms with E-state index in [1.54, 1.807) is 37.4 Å². The Hall–Kier alpha value is -3.88. The van der Waals surface area contributed by atoms with Gasteiger partial charge in [-0.2, -0.15) is 5.10 Å². The highest BCUT2D eigenvalue weighted by molar-refractivity contribution is 6.35. The largest absolute Gasteiger partial charge is 0.479 e. The third-order valence-corrected chi connectivity index (χ3v) is 7.34. The van der Waals surface area contributed by atoms with Gasteiger partial charge in [0.2, 0.25) is 0 Å². The molecule has 0 fully saturated rings. The number of carbonyl (C=O) groups is 2. The van der Waals surface area contributed by atoms with Gasteiger partial charge in [-0.15, -0.1) is 0 Å². The lowest BCUT2D eigenvalue weighted by molar-refractivity contribution is -0.132. The first-order valence-corrected chi connectivity index (χ1v) is 14.4. The lowest BCUT2D eigenvalue weighted by atomic mass is 10.0. The number of nitrogens with one attached hydrogen (secondary N) is 2. The second-order valence-corrected chi connectivity index (χ2v) is 11.3. The van der Waals surface area contributed by atoms with Crippen molar-refractivity contribution in [3.05, 3.63) is 99.4 Å². The molecule has 0 aliphatic carbocycles. The van der Waals surface area contributed by atoms with E-state index in [4.69, 9.17) is 27.9 Å². The number of para-hydroxylation sites is 1. The molecule has 0 saturated heterocycles. The summed E-state index contributed by atoms with van der Waals surface area (Å²) >= 11 is 12.1. The van der Waals surface area contributed by atoms with Crippen molar-refractivity contribution in [2.45, 2.75) is 52.8 Å². The van der Waals surface area contributed by atoms with Crippen molar-refractivity contribution in [3.8, 4) is 5.75 Å². The molecule has 0 unspecified atom stereocenters. The van der Waals surface area contributed by atoms with Gasteiger partial charge in [-0.25, -0.2) is 9.82 Å². The van der Waals surface area contributed by atoms with Crippen LogP contribution in [0.2, 0.25) is 10.0 Å². The molecule has 4 rings (SSSR count). The smallest absolute Gasteiger partial charge is 0.262 e. The molecule has 2 amide bonds. The molecule has 0 aliphatic heterocycles. The number of aromatic nitrogens is 1. The predicted octanol–water partition coefficient (Wildman–Crippen LogP) is 6.89. The molecule has 4 aromatic rings. The van der Waals surface area contributed by atoms with Crippen molar-refractivity contribution in [2.24, 2.45) is 11.0 Å². The molecule has 1 heterocycles. The Labute approximate surface area is 254 Å². The third kappa shape index (κ3) is 7.69. The molecule has 2 N–H and O–H groups in total. The van der Waals surface area contributed by atoms with Gasteiger partial charge < -0.3 is 14.6 Å². The summed E-state index contributed by atoms with van der Waals surface area (Å²) < 4.78 is 21.3. The zero-order valence-corrected chi connectivity index (χ0v) is 25.3. The number of fused-ring (bicyclic) bond motifs is 1. The SMILES string of the molecule is Cc1c(/C=N\NC(=O)[C@H](CC(C)C)NC(=O)[C@@H](C)Oc2ccc(Cl)cc2Cl)c2ccccc2n1Cc1ccc(F)cc1. The zero-order valence-electron chi connectivity index (χ0n) is 23.8. The fourth-order valence-corrected chi connectivity index (χ4v) is 5.09. The van der Waals surface area contributed by atoms with E-state index in [1.807, 2.05) is 45.0 Å². The van der Waals surface area contributed by atoms with Crippen molar-refractivity contribution >= 4 is 52.1 Å². The van der Waals surface area contributed by atoms with Crippen molar-refractivity contribution in [1.82, 2.24) is 15.3 Å². The molecular formula is C32H33Cl2FN4O3. The van der Waals surface area contributed by atoms with Gasteiger partial charge in [0, 0.05) is 33.7 Å². The van der Waals surface area contributed by atoms with Crippen molar-refractivity contribution in [1.29, 1.82) is 0 Å². The molecule has 0 radical (unpaired) electrons. The fraction of sp³-hybridized carbons (Fsp3) is 0.281. The molecule has 0 bridgehead atoms. The van der Waals surface area contributed by atoms with Crippen LogP contribution in [0.15, 0.2) is 71.8 Å². The minimum atomic E-state index is -0.912. The molecule has 1 aromatic heterocycles. The Kier molecular flexibility index (Phi) is 10.2. The van der Waals surface area contributed by atoms with E-state index in [1.165, 1.54) is 18.2 Å². The lowest BCUT2D eigenvalue weighted by Gasteiger charge is -2.22. The third-order valence-electron chi connectivity index (χ3n) is 6.81. The molecular weight excluding hydrogens is 578 g/mol. The fourth-order valence-electron chi connectivity index (χ4n) is 4.64. The van der Waals surface area contributed by atoms with Gasteiger partial charge in [0.1, 0.15) is 17.6 Å². The van der Waals surface area contributed by atoms with Crippen LogP contribution in [0.25, 0.3) is 10.9 Å². The number of halogens is 3. The van der Waals surface area contributed by atoms with Crippen LogP contribution >= 0.6 is 23.2 Å². The predicted molar refractivity (Wildman–Crippen MR) is 166 cm³/mol. The van der Waals surface area contributed by atoms with Crippen LogP contribution < -0.4 is 15.5 Å². The summed E-state index contributed by atoms with van der Waals surface area (Å²) in [7, 11) is 0. The zero-order chi connectivity index (χ0) is 30.4. The van der Waals surface area contributed by atoms with Gasteiger partial charge >= 0.3 is 0 Å². The van der Waals surface area contributed by atoms with Gasteiger partial charge in [-0.3, -0.25) is 9.59 Å². The maximum atomic E-state index is 13.4. The molecule has 7 nitrogen and oxygen atoms in total. The highest BCUT2D eigenvalue weighted by Crippen LogP contribution is 2.28. The maximum absolute atomic E-state index is 13.4. The van der Waals surface area contributed by atoms with Crippen molar-refractivity contribution < 1.29 is 18.7 Å². The number of rotatable bonds is 11. The van der Waals surface area contributed by atoms with Crippen LogP contribution in [0.5, 0.6) is 5.75 Å².